The molecule has 0 bridgehead atoms. The summed E-state index contributed by atoms with van der Waals surface area (Å²) < 4.78 is 0. The van der Waals surface area contributed by atoms with Crippen molar-refractivity contribution in [3.05, 3.63) is 46.0 Å². The normalized spacial score (nSPS) is 17.6. The highest BCUT2D eigenvalue weighted by Gasteiger charge is 2.20. The summed E-state index contributed by atoms with van der Waals surface area (Å²) in [6.45, 7) is 1.74. The van der Waals surface area contributed by atoms with Gasteiger partial charge in [0.05, 0.1) is 5.69 Å². The number of hydrogen-bond acceptors (Lipinski definition) is 4. The number of aryl methyl sites for hydroxylation is 2. The molecule has 0 saturated carbocycles. The van der Waals surface area contributed by atoms with Gasteiger partial charge >= 0.3 is 5.97 Å². The largest absolute Gasteiger partial charge is 0.477 e. The maximum atomic E-state index is 11.0. The average molecular weight is 288 g/mol. The molecule has 1 heterocycles. The maximum absolute atomic E-state index is 11.0. The van der Waals surface area contributed by atoms with Gasteiger partial charge in [0.25, 0.3) is 0 Å². The number of carboxylic acids is 1. The molecule has 1 aromatic carbocycles. The fourth-order valence-corrected chi connectivity index (χ4v) is 3.53. The first-order valence-corrected chi connectivity index (χ1v) is 7.49. The fraction of sp³-hybridized carbons (Fsp3) is 0.333. The third-order valence-corrected chi connectivity index (χ3v) is 4.74. The summed E-state index contributed by atoms with van der Waals surface area (Å²) >= 11 is 1.22. The number of hydrogen-bond donors (Lipinski definition) is 2. The topological polar surface area (TPSA) is 62.2 Å². The van der Waals surface area contributed by atoms with Gasteiger partial charge in [0, 0.05) is 6.04 Å². The Bertz CT molecular complexity index is 651. The van der Waals surface area contributed by atoms with E-state index in [4.69, 9.17) is 5.11 Å². The van der Waals surface area contributed by atoms with Crippen LogP contribution in [0.5, 0.6) is 0 Å². The van der Waals surface area contributed by atoms with Crippen LogP contribution in [-0.4, -0.2) is 22.1 Å². The van der Waals surface area contributed by atoms with Gasteiger partial charge in [-0.3, -0.25) is 0 Å². The van der Waals surface area contributed by atoms with Crippen molar-refractivity contribution in [3.8, 4) is 0 Å². The summed E-state index contributed by atoms with van der Waals surface area (Å²) in [5.74, 6) is -0.901. The highest BCUT2D eigenvalue weighted by atomic mass is 32.1. The monoisotopic (exact) mass is 288 g/mol. The van der Waals surface area contributed by atoms with Gasteiger partial charge < -0.3 is 10.4 Å². The van der Waals surface area contributed by atoms with Gasteiger partial charge in [-0.1, -0.05) is 35.6 Å². The van der Waals surface area contributed by atoms with Gasteiger partial charge in [-0.2, -0.15) is 0 Å². The van der Waals surface area contributed by atoms with Crippen molar-refractivity contribution >= 4 is 22.4 Å². The number of rotatable bonds is 3. The van der Waals surface area contributed by atoms with Crippen LogP contribution in [0, 0.1) is 6.92 Å². The molecule has 1 aliphatic rings. The van der Waals surface area contributed by atoms with Crippen LogP contribution in [0.2, 0.25) is 0 Å². The predicted molar refractivity (Wildman–Crippen MR) is 79.7 cm³/mol. The third kappa shape index (κ3) is 2.54. The van der Waals surface area contributed by atoms with Crippen molar-refractivity contribution in [2.45, 2.75) is 32.2 Å². The number of carboxylic acid groups (broad SMARTS) is 1. The van der Waals surface area contributed by atoms with E-state index < -0.39 is 5.97 Å². The Morgan fingerprint density at radius 1 is 1.40 bits per heavy atom. The lowest BCUT2D eigenvalue weighted by atomic mass is 9.88. The zero-order valence-electron chi connectivity index (χ0n) is 11.2. The van der Waals surface area contributed by atoms with E-state index in [1.807, 2.05) is 0 Å². The first-order chi connectivity index (χ1) is 9.63. The Hall–Kier alpha value is -1.88. The Labute approximate surface area is 121 Å². The fourth-order valence-electron chi connectivity index (χ4n) is 2.65. The van der Waals surface area contributed by atoms with Gasteiger partial charge in [0.1, 0.15) is 4.88 Å². The second kappa shape index (κ2) is 5.25. The van der Waals surface area contributed by atoms with E-state index in [-0.39, 0.29) is 0 Å². The van der Waals surface area contributed by atoms with Gasteiger partial charge in [0.2, 0.25) is 0 Å². The van der Waals surface area contributed by atoms with E-state index in [0.717, 1.165) is 19.3 Å². The zero-order valence-corrected chi connectivity index (χ0v) is 12.0. The summed E-state index contributed by atoms with van der Waals surface area (Å²) in [7, 11) is 0. The molecule has 0 saturated heterocycles. The van der Waals surface area contributed by atoms with Crippen LogP contribution in [0.3, 0.4) is 0 Å². The lowest BCUT2D eigenvalue weighted by Gasteiger charge is -2.25. The minimum atomic E-state index is -0.901. The molecule has 4 nitrogen and oxygen atoms in total. The summed E-state index contributed by atoms with van der Waals surface area (Å²) in [5.41, 5.74) is 3.39. The highest BCUT2D eigenvalue weighted by molar-refractivity contribution is 7.17. The molecular formula is C15H16N2O2S. The first kappa shape index (κ1) is 13.1. The van der Waals surface area contributed by atoms with Crippen molar-refractivity contribution in [3.63, 3.8) is 0 Å². The van der Waals surface area contributed by atoms with Gasteiger partial charge in [-0.15, -0.1) is 0 Å². The van der Waals surface area contributed by atoms with Crippen molar-refractivity contribution in [2.75, 3.05) is 5.32 Å². The molecule has 0 aliphatic heterocycles. The van der Waals surface area contributed by atoms with E-state index >= 15 is 0 Å². The minimum absolute atomic E-state index is 0.323. The second-order valence-electron chi connectivity index (χ2n) is 5.09. The predicted octanol–water partition coefficient (Wildman–Crippen LogP) is 3.12. The molecular weight excluding hydrogens is 272 g/mol. The van der Waals surface area contributed by atoms with Gasteiger partial charge in [-0.25, -0.2) is 9.78 Å². The van der Waals surface area contributed by atoms with Crippen molar-refractivity contribution in [1.29, 1.82) is 0 Å². The molecule has 1 aromatic heterocycles. The van der Waals surface area contributed by atoms with Crippen LogP contribution in [0.15, 0.2) is 24.3 Å². The van der Waals surface area contributed by atoms with Gasteiger partial charge in [-0.05, 0) is 37.3 Å². The van der Waals surface area contributed by atoms with Crippen LogP contribution in [0.25, 0.3) is 0 Å². The number of aromatic carboxylic acids is 1. The van der Waals surface area contributed by atoms with Crippen LogP contribution < -0.4 is 5.32 Å². The van der Waals surface area contributed by atoms with E-state index in [1.54, 1.807) is 6.92 Å². The average Bonchev–Trinajstić information content (AvgIpc) is 2.79. The van der Waals surface area contributed by atoms with Gasteiger partial charge in [0.15, 0.2) is 5.13 Å². The molecule has 0 radical (unpaired) electrons. The molecule has 2 N–H and O–H groups in total. The zero-order chi connectivity index (χ0) is 14.1. The number of nitrogens with one attached hydrogen (secondary N) is 1. The van der Waals surface area contributed by atoms with Crippen LogP contribution in [-0.2, 0) is 12.8 Å². The molecule has 104 valence electrons. The lowest BCUT2D eigenvalue weighted by Crippen LogP contribution is -2.27. The molecule has 1 atom stereocenters. The second-order valence-corrected chi connectivity index (χ2v) is 6.09. The first-order valence-electron chi connectivity index (χ1n) is 6.67. The van der Waals surface area contributed by atoms with Crippen LogP contribution >= 0.6 is 11.3 Å². The SMILES string of the molecule is Cc1nc(NC2CCc3ccccc3C2)sc1C(=O)O. The van der Waals surface area contributed by atoms with Crippen molar-refractivity contribution in [2.24, 2.45) is 0 Å². The number of fused-ring (bicyclic) bond motifs is 1. The van der Waals surface area contributed by atoms with Crippen LogP contribution in [0.1, 0.15) is 32.9 Å². The standard InChI is InChI=1S/C15H16N2O2S/c1-9-13(14(18)19)20-15(16-9)17-12-7-6-10-4-2-3-5-11(10)8-12/h2-5,12H,6-8H2,1H3,(H,16,17)(H,18,19). The molecule has 0 fully saturated rings. The van der Waals surface area contributed by atoms with E-state index in [0.29, 0.717) is 21.7 Å². The quantitative estimate of drug-likeness (QED) is 0.911. The highest BCUT2D eigenvalue weighted by Crippen LogP contribution is 2.27. The lowest BCUT2D eigenvalue weighted by molar-refractivity contribution is 0.0701. The van der Waals surface area contributed by atoms with Crippen molar-refractivity contribution < 1.29 is 9.90 Å². The third-order valence-electron chi connectivity index (χ3n) is 3.67. The Morgan fingerprint density at radius 3 is 2.85 bits per heavy atom. The molecule has 20 heavy (non-hydrogen) atoms. The Morgan fingerprint density at radius 2 is 2.15 bits per heavy atom. The van der Waals surface area contributed by atoms with E-state index in [9.17, 15) is 4.79 Å². The number of aromatic nitrogens is 1. The minimum Gasteiger partial charge on any atom is -0.477 e. The molecule has 3 rings (SSSR count). The summed E-state index contributed by atoms with van der Waals surface area (Å²) in [5, 5.41) is 13.2. The Balaban J connectivity index is 1.74. The molecule has 5 heteroatoms. The molecule has 0 amide bonds. The van der Waals surface area contributed by atoms with Crippen LogP contribution in [0.4, 0.5) is 5.13 Å². The Kier molecular flexibility index (Phi) is 3.44. The summed E-state index contributed by atoms with van der Waals surface area (Å²) in [6.07, 6.45) is 3.08. The number of thiazole rings is 1. The molecule has 2 aromatic rings. The molecule has 1 unspecified atom stereocenters. The molecule has 0 spiro atoms. The number of carbonyl (C=O) groups is 1. The van der Waals surface area contributed by atoms with E-state index in [1.165, 1.54) is 22.5 Å². The maximum Gasteiger partial charge on any atom is 0.347 e. The number of nitrogens with zero attached hydrogens (tertiary/aromatic N) is 1. The van der Waals surface area contributed by atoms with E-state index in [2.05, 4.69) is 34.6 Å². The molecule has 1 aliphatic carbocycles. The number of benzene rings is 1. The number of anilines is 1. The smallest absolute Gasteiger partial charge is 0.347 e. The summed E-state index contributed by atoms with van der Waals surface area (Å²) in [6, 6.07) is 8.82. The van der Waals surface area contributed by atoms with Crippen molar-refractivity contribution in [1.82, 2.24) is 4.98 Å². The summed E-state index contributed by atoms with van der Waals surface area (Å²) in [4.78, 5) is 15.7.